The van der Waals surface area contributed by atoms with Crippen LogP contribution in [0.2, 0.25) is 0 Å². The molecule has 0 spiro atoms. The second-order valence-corrected chi connectivity index (χ2v) is 6.72. The van der Waals surface area contributed by atoms with E-state index in [0.717, 1.165) is 11.1 Å². The van der Waals surface area contributed by atoms with E-state index in [0.29, 0.717) is 6.61 Å². The molecule has 2 aliphatic rings. The highest BCUT2D eigenvalue weighted by Gasteiger charge is 2.50. The maximum absolute atomic E-state index is 13.2. The van der Waals surface area contributed by atoms with Gasteiger partial charge >= 0.3 is 0 Å². The first kappa shape index (κ1) is 18.5. The van der Waals surface area contributed by atoms with Crippen LogP contribution in [-0.2, 0) is 23.7 Å². The summed E-state index contributed by atoms with van der Waals surface area (Å²) in [6, 6.07) is 16.0. The van der Waals surface area contributed by atoms with E-state index in [2.05, 4.69) is 0 Å². The molecular formula is C21H23FO5. The van der Waals surface area contributed by atoms with Gasteiger partial charge in [0, 0.05) is 19.8 Å². The van der Waals surface area contributed by atoms with Gasteiger partial charge in [0.1, 0.15) is 36.3 Å². The summed E-state index contributed by atoms with van der Waals surface area (Å²) >= 11 is 0. The van der Waals surface area contributed by atoms with E-state index < -0.39 is 6.29 Å². The van der Waals surface area contributed by atoms with Crippen LogP contribution in [0.3, 0.4) is 0 Å². The molecule has 0 radical (unpaired) electrons. The van der Waals surface area contributed by atoms with Crippen LogP contribution in [0, 0.1) is 5.82 Å². The minimum Gasteiger partial charge on any atom is -0.376 e. The van der Waals surface area contributed by atoms with Crippen LogP contribution in [0.1, 0.15) is 23.5 Å². The molecule has 2 aliphatic heterocycles. The molecule has 2 saturated heterocycles. The normalized spacial score (nSPS) is 33.4. The van der Waals surface area contributed by atoms with Crippen LogP contribution in [0.25, 0.3) is 0 Å². The van der Waals surface area contributed by atoms with Crippen molar-refractivity contribution in [1.82, 2.24) is 0 Å². The number of benzene rings is 2. The van der Waals surface area contributed by atoms with E-state index in [1.54, 1.807) is 26.4 Å². The average molecular weight is 374 g/mol. The third kappa shape index (κ3) is 3.63. The number of rotatable bonds is 4. The van der Waals surface area contributed by atoms with Crippen LogP contribution in [0.5, 0.6) is 0 Å². The molecule has 2 heterocycles. The summed E-state index contributed by atoms with van der Waals surface area (Å²) in [6.45, 7) is 0.354. The lowest BCUT2D eigenvalue weighted by atomic mass is 9.90. The molecule has 4 rings (SSSR count). The summed E-state index contributed by atoms with van der Waals surface area (Å²) in [6.07, 6.45) is -2.18. The third-order valence-electron chi connectivity index (χ3n) is 5.14. The van der Waals surface area contributed by atoms with Crippen molar-refractivity contribution in [2.24, 2.45) is 0 Å². The fourth-order valence-electron chi connectivity index (χ4n) is 3.81. The largest absolute Gasteiger partial charge is 0.376 e. The Morgan fingerprint density at radius 3 is 2.22 bits per heavy atom. The lowest BCUT2D eigenvalue weighted by Gasteiger charge is -2.48. The number of hydrogen-bond acceptors (Lipinski definition) is 5. The van der Waals surface area contributed by atoms with Crippen LogP contribution in [-0.4, -0.2) is 45.2 Å². The lowest BCUT2D eigenvalue weighted by Crippen LogP contribution is -2.60. The first-order valence-electron chi connectivity index (χ1n) is 9.00. The molecule has 0 aromatic heterocycles. The van der Waals surface area contributed by atoms with Crippen molar-refractivity contribution < 1.29 is 28.1 Å². The molecule has 2 aromatic rings. The van der Waals surface area contributed by atoms with Gasteiger partial charge in [-0.15, -0.1) is 0 Å². The molecule has 2 aromatic carbocycles. The number of halogens is 1. The SMILES string of the molecule is CO[C@@H]1[C@@H](OC)[C@H](c2ccccc2)O[C@@H]2CO[C@@H](c3ccc(F)cc3)O[C@@H]12. The van der Waals surface area contributed by atoms with Crippen molar-refractivity contribution in [2.75, 3.05) is 20.8 Å². The highest BCUT2D eigenvalue weighted by atomic mass is 19.1. The van der Waals surface area contributed by atoms with Gasteiger partial charge < -0.3 is 23.7 Å². The Morgan fingerprint density at radius 1 is 0.852 bits per heavy atom. The summed E-state index contributed by atoms with van der Waals surface area (Å²) in [5, 5.41) is 0. The van der Waals surface area contributed by atoms with Crippen molar-refractivity contribution in [2.45, 2.75) is 36.8 Å². The predicted molar refractivity (Wildman–Crippen MR) is 95.6 cm³/mol. The molecule has 27 heavy (non-hydrogen) atoms. The lowest BCUT2D eigenvalue weighted by molar-refractivity contribution is -0.334. The number of hydrogen-bond donors (Lipinski definition) is 0. The quantitative estimate of drug-likeness (QED) is 0.821. The van der Waals surface area contributed by atoms with Gasteiger partial charge in [0.25, 0.3) is 0 Å². The standard InChI is InChI=1S/C21H23FO5/c1-23-19-17(13-6-4-3-5-7-13)26-16-12-25-21(27-18(16)20(19)24-2)14-8-10-15(22)11-9-14/h3-11,16-21H,12H2,1-2H3/t16-,17+,18-,19+,20+,21-/m1/s1. The first-order valence-corrected chi connectivity index (χ1v) is 9.00. The molecule has 2 fully saturated rings. The van der Waals surface area contributed by atoms with Crippen LogP contribution in [0.15, 0.2) is 54.6 Å². The van der Waals surface area contributed by atoms with Crippen LogP contribution < -0.4 is 0 Å². The molecule has 0 unspecified atom stereocenters. The summed E-state index contributed by atoms with van der Waals surface area (Å²) < 4.78 is 43.0. The minimum atomic E-state index is -0.598. The van der Waals surface area contributed by atoms with Crippen molar-refractivity contribution in [3.63, 3.8) is 0 Å². The van der Waals surface area contributed by atoms with Gasteiger partial charge in [-0.3, -0.25) is 0 Å². The second kappa shape index (κ2) is 8.04. The van der Waals surface area contributed by atoms with Gasteiger partial charge in [-0.1, -0.05) is 42.5 Å². The fourth-order valence-corrected chi connectivity index (χ4v) is 3.81. The van der Waals surface area contributed by atoms with E-state index in [9.17, 15) is 4.39 Å². The van der Waals surface area contributed by atoms with E-state index >= 15 is 0 Å². The topological polar surface area (TPSA) is 46.2 Å². The highest BCUT2D eigenvalue weighted by molar-refractivity contribution is 5.22. The molecule has 6 heteroatoms. The molecule has 0 bridgehead atoms. The third-order valence-corrected chi connectivity index (χ3v) is 5.14. The zero-order valence-corrected chi connectivity index (χ0v) is 15.3. The van der Waals surface area contributed by atoms with Gasteiger partial charge in [-0.05, 0) is 17.7 Å². The Morgan fingerprint density at radius 2 is 1.56 bits per heavy atom. The molecule has 0 saturated carbocycles. The van der Waals surface area contributed by atoms with Crippen LogP contribution in [0.4, 0.5) is 4.39 Å². The van der Waals surface area contributed by atoms with Crippen molar-refractivity contribution in [1.29, 1.82) is 0 Å². The van der Waals surface area contributed by atoms with E-state index in [-0.39, 0.29) is 36.3 Å². The van der Waals surface area contributed by atoms with Gasteiger partial charge in [-0.25, -0.2) is 4.39 Å². The van der Waals surface area contributed by atoms with Crippen molar-refractivity contribution in [3.05, 3.63) is 71.5 Å². The Bertz CT molecular complexity index is 738. The smallest absolute Gasteiger partial charge is 0.184 e. The fraction of sp³-hybridized carbons (Fsp3) is 0.429. The molecule has 6 atom stereocenters. The Labute approximate surface area is 157 Å². The van der Waals surface area contributed by atoms with Gasteiger partial charge in [-0.2, -0.15) is 0 Å². The zero-order valence-electron chi connectivity index (χ0n) is 15.3. The van der Waals surface area contributed by atoms with Gasteiger partial charge in [0.2, 0.25) is 0 Å². The average Bonchev–Trinajstić information content (AvgIpc) is 2.73. The number of fused-ring (bicyclic) bond motifs is 1. The molecular weight excluding hydrogens is 351 g/mol. The monoisotopic (exact) mass is 374 g/mol. The van der Waals surface area contributed by atoms with E-state index in [1.807, 2.05) is 30.3 Å². The van der Waals surface area contributed by atoms with Crippen molar-refractivity contribution >= 4 is 0 Å². The molecule has 0 aliphatic carbocycles. The molecule has 0 N–H and O–H groups in total. The maximum Gasteiger partial charge on any atom is 0.184 e. The predicted octanol–water partition coefficient (Wildman–Crippen LogP) is 3.41. The van der Waals surface area contributed by atoms with Gasteiger partial charge in [0.05, 0.1) is 6.61 Å². The summed E-state index contributed by atoms with van der Waals surface area (Å²) in [5.74, 6) is -0.298. The summed E-state index contributed by atoms with van der Waals surface area (Å²) in [4.78, 5) is 0. The first-order chi connectivity index (χ1) is 13.2. The summed E-state index contributed by atoms with van der Waals surface area (Å²) in [5.41, 5.74) is 1.77. The zero-order chi connectivity index (χ0) is 18.8. The Hall–Kier alpha value is -1.83. The summed E-state index contributed by atoms with van der Waals surface area (Å²) in [7, 11) is 3.29. The van der Waals surface area contributed by atoms with Gasteiger partial charge in [0.15, 0.2) is 6.29 Å². The van der Waals surface area contributed by atoms with E-state index in [1.165, 1.54) is 12.1 Å². The minimum absolute atomic E-state index is 0.281. The second-order valence-electron chi connectivity index (χ2n) is 6.72. The van der Waals surface area contributed by atoms with Crippen molar-refractivity contribution in [3.8, 4) is 0 Å². The molecule has 5 nitrogen and oxygen atoms in total. The van der Waals surface area contributed by atoms with Crippen LogP contribution >= 0.6 is 0 Å². The Balaban J connectivity index is 1.58. The maximum atomic E-state index is 13.2. The molecule has 0 amide bonds. The number of ether oxygens (including phenoxy) is 5. The Kier molecular flexibility index (Phi) is 5.52. The molecule has 144 valence electrons. The van der Waals surface area contributed by atoms with E-state index in [4.69, 9.17) is 23.7 Å². The highest BCUT2D eigenvalue weighted by Crippen LogP contribution is 2.40. The number of methoxy groups -OCH3 is 2.